The molecule has 0 saturated heterocycles. The normalized spacial score (nSPS) is 13.1. The molecule has 0 aliphatic rings. The molecular weight excluding hydrogens is 198 g/mol. The molecule has 3 nitrogen and oxygen atoms in total. The highest BCUT2D eigenvalue weighted by Crippen LogP contribution is 2.21. The number of rotatable bonds is 7. The summed E-state index contributed by atoms with van der Waals surface area (Å²) in [6.45, 7) is 9.89. The van der Waals surface area contributed by atoms with Gasteiger partial charge in [-0.3, -0.25) is 0 Å². The van der Waals surface area contributed by atoms with Crippen LogP contribution in [0.2, 0.25) is 0 Å². The van der Waals surface area contributed by atoms with E-state index in [4.69, 9.17) is 0 Å². The van der Waals surface area contributed by atoms with E-state index in [-0.39, 0.29) is 0 Å². The van der Waals surface area contributed by atoms with E-state index < -0.39 is 0 Å². The lowest BCUT2D eigenvalue weighted by atomic mass is 10.1. The molecule has 1 unspecified atom stereocenters. The summed E-state index contributed by atoms with van der Waals surface area (Å²) in [5.74, 6) is 1.67. The van der Waals surface area contributed by atoms with Gasteiger partial charge in [0.1, 0.15) is 0 Å². The Bertz CT molecular complexity index is 291. The minimum Gasteiger partial charge on any atom is -0.355 e. The Morgan fingerprint density at radius 2 is 2.12 bits per heavy atom. The molecule has 0 spiro atoms. The van der Waals surface area contributed by atoms with Gasteiger partial charge in [0, 0.05) is 25.0 Å². The Morgan fingerprint density at radius 1 is 1.38 bits per heavy atom. The molecule has 0 amide bonds. The molecule has 0 bridgehead atoms. The third-order valence-electron chi connectivity index (χ3n) is 2.82. The molecule has 1 aromatic heterocycles. The zero-order chi connectivity index (χ0) is 12.0. The summed E-state index contributed by atoms with van der Waals surface area (Å²) in [7, 11) is 0. The fourth-order valence-electron chi connectivity index (χ4n) is 1.91. The van der Waals surface area contributed by atoms with E-state index in [1.165, 1.54) is 19.3 Å². The second kappa shape index (κ2) is 6.56. The lowest BCUT2D eigenvalue weighted by molar-refractivity contribution is 0.450. The van der Waals surface area contributed by atoms with Crippen molar-refractivity contribution < 1.29 is 0 Å². The number of nitrogens with zero attached hydrogens (tertiary/aromatic N) is 2. The highest BCUT2D eigenvalue weighted by Gasteiger charge is 2.11. The van der Waals surface area contributed by atoms with Crippen LogP contribution in [0.4, 0.5) is 5.95 Å². The maximum Gasteiger partial charge on any atom is 0.203 e. The third kappa shape index (κ3) is 3.54. The van der Waals surface area contributed by atoms with Crippen molar-refractivity contribution >= 4 is 5.95 Å². The first-order valence-electron chi connectivity index (χ1n) is 6.45. The predicted octanol–water partition coefficient (Wildman–Crippen LogP) is 3.70. The Kier molecular flexibility index (Phi) is 5.36. The summed E-state index contributed by atoms with van der Waals surface area (Å²) < 4.78 is 2.28. The van der Waals surface area contributed by atoms with Crippen molar-refractivity contribution in [2.45, 2.75) is 53.0 Å². The van der Waals surface area contributed by atoms with Crippen LogP contribution in [-0.4, -0.2) is 16.1 Å². The van der Waals surface area contributed by atoms with Gasteiger partial charge in [-0.25, -0.2) is 4.98 Å². The fraction of sp³-hybridized carbons (Fsp3) is 0.769. The van der Waals surface area contributed by atoms with Crippen LogP contribution in [0.3, 0.4) is 0 Å². The summed E-state index contributed by atoms with van der Waals surface area (Å²) >= 11 is 0. The molecule has 1 atom stereocenters. The Morgan fingerprint density at radius 3 is 2.69 bits per heavy atom. The number of anilines is 1. The Labute approximate surface area is 99.3 Å². The highest BCUT2D eigenvalue weighted by atomic mass is 15.2. The fourth-order valence-corrected chi connectivity index (χ4v) is 1.91. The molecule has 16 heavy (non-hydrogen) atoms. The molecule has 92 valence electrons. The van der Waals surface area contributed by atoms with Crippen molar-refractivity contribution in [2.24, 2.45) is 5.92 Å². The molecule has 0 aromatic carbocycles. The molecule has 3 heteroatoms. The second-order valence-electron chi connectivity index (χ2n) is 4.78. The largest absolute Gasteiger partial charge is 0.355 e. The van der Waals surface area contributed by atoms with Crippen LogP contribution in [0.1, 0.15) is 53.0 Å². The first-order chi connectivity index (χ1) is 7.69. The van der Waals surface area contributed by atoms with Gasteiger partial charge >= 0.3 is 0 Å². The van der Waals surface area contributed by atoms with Gasteiger partial charge in [-0.05, 0) is 18.8 Å². The van der Waals surface area contributed by atoms with Crippen LogP contribution in [0, 0.1) is 5.92 Å². The molecule has 0 saturated carbocycles. The van der Waals surface area contributed by atoms with Crippen LogP contribution >= 0.6 is 0 Å². The summed E-state index contributed by atoms with van der Waals surface area (Å²) in [5.41, 5.74) is 0. The summed E-state index contributed by atoms with van der Waals surface area (Å²) in [6.07, 6.45) is 7.59. The Hall–Kier alpha value is -0.990. The van der Waals surface area contributed by atoms with Crippen LogP contribution in [-0.2, 0) is 0 Å². The molecule has 1 N–H and O–H groups in total. The lowest BCUT2D eigenvalue weighted by Gasteiger charge is -2.19. The number of hydrogen-bond acceptors (Lipinski definition) is 2. The third-order valence-corrected chi connectivity index (χ3v) is 2.82. The molecule has 0 aliphatic carbocycles. The van der Waals surface area contributed by atoms with E-state index in [0.29, 0.717) is 12.0 Å². The maximum absolute atomic E-state index is 4.39. The van der Waals surface area contributed by atoms with Crippen molar-refractivity contribution in [1.29, 1.82) is 0 Å². The van der Waals surface area contributed by atoms with Crippen LogP contribution in [0.25, 0.3) is 0 Å². The highest BCUT2D eigenvalue weighted by molar-refractivity contribution is 5.26. The van der Waals surface area contributed by atoms with Crippen LogP contribution in [0.5, 0.6) is 0 Å². The minimum absolute atomic E-state index is 0.585. The van der Waals surface area contributed by atoms with Crippen molar-refractivity contribution in [3.63, 3.8) is 0 Å². The first-order valence-corrected chi connectivity index (χ1v) is 6.45. The van der Waals surface area contributed by atoms with E-state index in [1.807, 2.05) is 6.20 Å². The monoisotopic (exact) mass is 223 g/mol. The van der Waals surface area contributed by atoms with Gasteiger partial charge in [-0.2, -0.15) is 0 Å². The van der Waals surface area contributed by atoms with Gasteiger partial charge in [-0.1, -0.05) is 34.1 Å². The van der Waals surface area contributed by atoms with E-state index >= 15 is 0 Å². The van der Waals surface area contributed by atoms with Crippen molar-refractivity contribution in [3.05, 3.63) is 12.4 Å². The van der Waals surface area contributed by atoms with Gasteiger partial charge in [0.05, 0.1) is 0 Å². The first kappa shape index (κ1) is 13.1. The van der Waals surface area contributed by atoms with Gasteiger partial charge in [0.25, 0.3) is 0 Å². The maximum atomic E-state index is 4.39. The minimum atomic E-state index is 0.585. The van der Waals surface area contributed by atoms with Crippen molar-refractivity contribution in [2.75, 3.05) is 11.9 Å². The molecular formula is C13H25N3. The predicted molar refractivity (Wildman–Crippen MR) is 69.8 cm³/mol. The van der Waals surface area contributed by atoms with E-state index in [1.54, 1.807) is 0 Å². The van der Waals surface area contributed by atoms with Gasteiger partial charge in [0.15, 0.2) is 0 Å². The van der Waals surface area contributed by atoms with Crippen molar-refractivity contribution in [1.82, 2.24) is 9.55 Å². The zero-order valence-corrected chi connectivity index (χ0v) is 11.0. The summed E-state index contributed by atoms with van der Waals surface area (Å²) in [4.78, 5) is 4.39. The van der Waals surface area contributed by atoms with Gasteiger partial charge in [-0.15, -0.1) is 0 Å². The number of hydrogen-bond donors (Lipinski definition) is 1. The van der Waals surface area contributed by atoms with E-state index in [0.717, 1.165) is 12.5 Å². The zero-order valence-electron chi connectivity index (χ0n) is 11.0. The average Bonchev–Trinajstić information content (AvgIpc) is 2.71. The second-order valence-corrected chi connectivity index (χ2v) is 4.78. The van der Waals surface area contributed by atoms with Gasteiger partial charge in [0.2, 0.25) is 5.95 Å². The Balaban J connectivity index is 2.67. The number of aromatic nitrogens is 2. The van der Waals surface area contributed by atoms with Crippen LogP contribution in [0.15, 0.2) is 12.4 Å². The smallest absolute Gasteiger partial charge is 0.203 e. The van der Waals surface area contributed by atoms with Crippen molar-refractivity contribution in [3.8, 4) is 0 Å². The topological polar surface area (TPSA) is 29.9 Å². The van der Waals surface area contributed by atoms with E-state index in [2.05, 4.69) is 48.8 Å². The summed E-state index contributed by atoms with van der Waals surface area (Å²) in [6, 6.07) is 0.585. The molecule has 1 rings (SSSR count). The quantitative estimate of drug-likeness (QED) is 0.763. The molecule has 0 radical (unpaired) electrons. The average molecular weight is 223 g/mol. The number of imidazole rings is 1. The molecule has 0 fully saturated rings. The van der Waals surface area contributed by atoms with E-state index in [9.17, 15) is 0 Å². The lowest BCUT2D eigenvalue weighted by Crippen LogP contribution is -2.15. The SMILES string of the molecule is CCCC(CC)n1ccnc1NCC(C)C. The molecule has 1 heterocycles. The summed E-state index contributed by atoms with van der Waals surface area (Å²) in [5, 5.41) is 3.42. The standard InChI is InChI=1S/C13H25N3/c1-5-7-12(6-2)16-9-8-14-13(16)15-10-11(3)4/h8-9,11-12H,5-7,10H2,1-4H3,(H,14,15). The number of nitrogens with one attached hydrogen (secondary N) is 1. The molecule has 0 aliphatic heterocycles. The van der Waals surface area contributed by atoms with Gasteiger partial charge < -0.3 is 9.88 Å². The van der Waals surface area contributed by atoms with Crippen LogP contribution < -0.4 is 5.32 Å². The molecule has 1 aromatic rings.